The Morgan fingerprint density at radius 2 is 1.91 bits per heavy atom. The lowest BCUT2D eigenvalue weighted by atomic mass is 10.2. The van der Waals surface area contributed by atoms with Crippen LogP contribution in [0.2, 0.25) is 0 Å². The van der Waals surface area contributed by atoms with Gasteiger partial charge in [-0.05, 0) is 29.8 Å². The zero-order chi connectivity index (χ0) is 16.1. The quantitative estimate of drug-likeness (QED) is 0.525. The Hall–Kier alpha value is -3.29. The molecule has 0 fully saturated rings. The molecule has 7 nitrogen and oxygen atoms in total. The summed E-state index contributed by atoms with van der Waals surface area (Å²) in [6.45, 7) is 0. The highest BCUT2D eigenvalue weighted by atomic mass is 19.1. The highest BCUT2D eigenvalue weighted by Gasteiger charge is 2.06. The van der Waals surface area contributed by atoms with Crippen molar-refractivity contribution in [2.75, 3.05) is 0 Å². The topological polar surface area (TPSA) is 108 Å². The molecular formula is C14H9FN3O4-. The second kappa shape index (κ2) is 6.44. The zero-order valence-corrected chi connectivity index (χ0v) is 11.0. The number of hydrazone groups is 1. The minimum Gasteiger partial charge on any atom is -0.872 e. The van der Waals surface area contributed by atoms with E-state index in [9.17, 15) is 24.4 Å². The lowest BCUT2D eigenvalue weighted by molar-refractivity contribution is -0.385. The van der Waals surface area contributed by atoms with E-state index in [2.05, 4.69) is 10.5 Å². The van der Waals surface area contributed by atoms with Crippen molar-refractivity contribution in [3.63, 3.8) is 0 Å². The van der Waals surface area contributed by atoms with E-state index in [4.69, 9.17) is 0 Å². The first-order valence-corrected chi connectivity index (χ1v) is 6.02. The lowest BCUT2D eigenvalue weighted by Crippen LogP contribution is -2.17. The summed E-state index contributed by atoms with van der Waals surface area (Å²) in [6, 6.07) is 7.96. The molecule has 8 heteroatoms. The normalized spacial score (nSPS) is 10.6. The van der Waals surface area contributed by atoms with Crippen molar-refractivity contribution >= 4 is 17.8 Å². The standard InChI is InChI=1S/C14H10FN3O4/c15-11-3-1-9(2-4-11)14(20)17-16-8-10-7-12(18(21)22)5-6-13(10)19/h1-8,19H,(H,17,20)/p-1. The number of nitro groups is 1. The summed E-state index contributed by atoms with van der Waals surface area (Å²) in [5.41, 5.74) is 2.03. The van der Waals surface area contributed by atoms with Crippen LogP contribution in [-0.2, 0) is 0 Å². The van der Waals surface area contributed by atoms with Gasteiger partial charge in [0.15, 0.2) is 0 Å². The lowest BCUT2D eigenvalue weighted by Gasteiger charge is -2.08. The minimum atomic E-state index is -0.645. The number of carbonyl (C=O) groups excluding carboxylic acids is 1. The summed E-state index contributed by atoms with van der Waals surface area (Å²) in [7, 11) is 0. The van der Waals surface area contributed by atoms with Crippen LogP contribution in [0.3, 0.4) is 0 Å². The first-order valence-electron chi connectivity index (χ1n) is 6.02. The predicted molar refractivity (Wildman–Crippen MR) is 74.0 cm³/mol. The summed E-state index contributed by atoms with van der Waals surface area (Å²) in [5, 5.41) is 25.7. The van der Waals surface area contributed by atoms with E-state index in [-0.39, 0.29) is 16.8 Å². The molecule has 0 radical (unpaired) electrons. The van der Waals surface area contributed by atoms with Crippen molar-refractivity contribution in [1.29, 1.82) is 0 Å². The number of benzene rings is 2. The molecular weight excluding hydrogens is 293 g/mol. The molecule has 2 aromatic rings. The summed E-state index contributed by atoms with van der Waals surface area (Å²) >= 11 is 0. The van der Waals surface area contributed by atoms with Crippen LogP contribution in [-0.4, -0.2) is 17.0 Å². The third-order valence-electron chi connectivity index (χ3n) is 2.68. The number of hydrogen-bond donors (Lipinski definition) is 1. The highest BCUT2D eigenvalue weighted by molar-refractivity contribution is 5.95. The van der Waals surface area contributed by atoms with E-state index in [1.54, 1.807) is 0 Å². The fourth-order valence-electron chi connectivity index (χ4n) is 1.58. The smallest absolute Gasteiger partial charge is 0.271 e. The van der Waals surface area contributed by atoms with Crippen molar-refractivity contribution < 1.29 is 19.2 Å². The van der Waals surface area contributed by atoms with Crippen molar-refractivity contribution in [1.82, 2.24) is 5.43 Å². The number of non-ortho nitro benzene ring substituents is 1. The molecule has 1 amide bonds. The molecule has 2 aromatic carbocycles. The molecule has 1 N–H and O–H groups in total. The second-order valence-corrected chi connectivity index (χ2v) is 4.19. The summed E-state index contributed by atoms with van der Waals surface area (Å²) in [5.74, 6) is -1.55. The zero-order valence-electron chi connectivity index (χ0n) is 11.0. The van der Waals surface area contributed by atoms with Gasteiger partial charge in [-0.2, -0.15) is 5.10 Å². The van der Waals surface area contributed by atoms with Gasteiger partial charge in [0.25, 0.3) is 11.6 Å². The van der Waals surface area contributed by atoms with Crippen LogP contribution < -0.4 is 10.5 Å². The summed E-state index contributed by atoms with van der Waals surface area (Å²) in [6.07, 6.45) is 1.01. The Morgan fingerprint density at radius 3 is 2.55 bits per heavy atom. The molecule has 22 heavy (non-hydrogen) atoms. The van der Waals surface area contributed by atoms with Crippen LogP contribution in [0.25, 0.3) is 0 Å². The van der Waals surface area contributed by atoms with Crippen molar-refractivity contribution in [2.45, 2.75) is 0 Å². The highest BCUT2D eigenvalue weighted by Crippen LogP contribution is 2.18. The van der Waals surface area contributed by atoms with Crippen LogP contribution in [0.5, 0.6) is 5.75 Å². The predicted octanol–water partition coefficient (Wildman–Crippen LogP) is 1.57. The Labute approximate surface area is 123 Å². The molecule has 0 aliphatic heterocycles. The van der Waals surface area contributed by atoms with E-state index in [1.807, 2.05) is 0 Å². The molecule has 0 saturated heterocycles. The van der Waals surface area contributed by atoms with E-state index >= 15 is 0 Å². The number of rotatable bonds is 4. The van der Waals surface area contributed by atoms with Crippen LogP contribution >= 0.6 is 0 Å². The first kappa shape index (κ1) is 15.1. The maximum atomic E-state index is 12.7. The van der Waals surface area contributed by atoms with Gasteiger partial charge < -0.3 is 5.11 Å². The van der Waals surface area contributed by atoms with Crippen LogP contribution in [0.1, 0.15) is 15.9 Å². The average molecular weight is 302 g/mol. The fraction of sp³-hybridized carbons (Fsp3) is 0. The van der Waals surface area contributed by atoms with Crippen molar-refractivity contribution in [3.8, 4) is 5.75 Å². The third kappa shape index (κ3) is 3.63. The largest absolute Gasteiger partial charge is 0.872 e. The maximum absolute atomic E-state index is 12.7. The summed E-state index contributed by atoms with van der Waals surface area (Å²) < 4.78 is 12.7. The number of nitrogens with zero attached hydrogens (tertiary/aromatic N) is 2. The number of hydrogen-bond acceptors (Lipinski definition) is 5. The number of nitrogens with one attached hydrogen (secondary N) is 1. The van der Waals surface area contributed by atoms with E-state index < -0.39 is 22.4 Å². The van der Waals surface area contributed by atoms with Gasteiger partial charge in [-0.1, -0.05) is 11.8 Å². The van der Waals surface area contributed by atoms with Gasteiger partial charge in [0, 0.05) is 17.7 Å². The first-order chi connectivity index (χ1) is 10.5. The molecule has 0 aliphatic rings. The monoisotopic (exact) mass is 302 g/mol. The Morgan fingerprint density at radius 1 is 1.23 bits per heavy atom. The molecule has 0 saturated carbocycles. The van der Waals surface area contributed by atoms with Crippen LogP contribution in [0.4, 0.5) is 10.1 Å². The third-order valence-corrected chi connectivity index (χ3v) is 2.68. The van der Waals surface area contributed by atoms with Crippen molar-refractivity contribution in [3.05, 3.63) is 69.5 Å². The summed E-state index contributed by atoms with van der Waals surface area (Å²) in [4.78, 5) is 21.6. The number of nitro benzene ring substituents is 1. The molecule has 0 aliphatic carbocycles. The average Bonchev–Trinajstić information content (AvgIpc) is 2.49. The Kier molecular flexibility index (Phi) is 4.42. The molecule has 2 rings (SSSR count). The molecule has 0 unspecified atom stereocenters. The molecule has 0 atom stereocenters. The Balaban J connectivity index is 2.09. The SMILES string of the molecule is O=C(NN=Cc1cc([N+](=O)[O-])ccc1[O-])c1ccc(F)cc1. The fourth-order valence-corrected chi connectivity index (χ4v) is 1.58. The molecule has 0 aromatic heterocycles. The van der Waals surface area contributed by atoms with Gasteiger partial charge in [-0.3, -0.25) is 14.9 Å². The van der Waals surface area contributed by atoms with Crippen LogP contribution in [0, 0.1) is 15.9 Å². The van der Waals surface area contributed by atoms with Gasteiger partial charge >= 0.3 is 0 Å². The van der Waals surface area contributed by atoms with E-state index in [1.165, 1.54) is 12.1 Å². The number of amides is 1. The van der Waals surface area contributed by atoms with Gasteiger partial charge in [0.05, 0.1) is 11.1 Å². The van der Waals surface area contributed by atoms with Gasteiger partial charge in [-0.25, -0.2) is 9.82 Å². The molecule has 0 spiro atoms. The van der Waals surface area contributed by atoms with E-state index in [0.717, 1.165) is 36.5 Å². The molecule has 112 valence electrons. The van der Waals surface area contributed by atoms with E-state index in [0.29, 0.717) is 0 Å². The van der Waals surface area contributed by atoms with Crippen LogP contribution in [0.15, 0.2) is 47.6 Å². The number of halogens is 1. The Bertz CT molecular complexity index is 744. The second-order valence-electron chi connectivity index (χ2n) is 4.19. The minimum absolute atomic E-state index is 0.0337. The maximum Gasteiger partial charge on any atom is 0.271 e. The number of carbonyl (C=O) groups is 1. The van der Waals surface area contributed by atoms with Crippen molar-refractivity contribution in [2.24, 2.45) is 5.10 Å². The van der Waals surface area contributed by atoms with Gasteiger partial charge in [0.1, 0.15) is 5.82 Å². The van der Waals surface area contributed by atoms with Gasteiger partial charge in [0.2, 0.25) is 0 Å². The molecule has 0 bridgehead atoms. The van der Waals surface area contributed by atoms with Gasteiger partial charge in [-0.15, -0.1) is 0 Å². The molecule has 0 heterocycles.